The van der Waals surface area contributed by atoms with Gasteiger partial charge in [0, 0.05) is 26.4 Å². The van der Waals surface area contributed by atoms with Crippen LogP contribution in [0.25, 0.3) is 0 Å². The minimum atomic E-state index is -0.793. The molecule has 0 bridgehead atoms. The molecule has 2 amide bonds. The third-order valence-corrected chi connectivity index (χ3v) is 4.60. The maximum absolute atomic E-state index is 12.7. The number of hydrogen-bond acceptors (Lipinski definition) is 3. The van der Waals surface area contributed by atoms with E-state index in [1.54, 1.807) is 0 Å². The molecule has 1 aromatic carbocycles. The van der Waals surface area contributed by atoms with Gasteiger partial charge in [0.15, 0.2) is 0 Å². The zero-order valence-electron chi connectivity index (χ0n) is 14.6. The minimum Gasteiger partial charge on any atom is -0.481 e. The van der Waals surface area contributed by atoms with Crippen molar-refractivity contribution in [3.8, 4) is 0 Å². The molecule has 0 spiro atoms. The van der Waals surface area contributed by atoms with Gasteiger partial charge in [0.2, 0.25) is 11.8 Å². The van der Waals surface area contributed by atoms with Gasteiger partial charge in [-0.1, -0.05) is 30.3 Å². The SMILES string of the molecule is CC(=O)N[C@H](CC(=O)N1CCC[C@H](CCC(=O)O)C1)c1ccccc1. The fraction of sp³-hybridized carbons (Fsp3) is 0.526. The normalized spacial score (nSPS) is 18.4. The van der Waals surface area contributed by atoms with Crippen LogP contribution < -0.4 is 5.32 Å². The minimum absolute atomic E-state index is 0.00243. The maximum Gasteiger partial charge on any atom is 0.303 e. The highest BCUT2D eigenvalue weighted by Gasteiger charge is 2.26. The van der Waals surface area contributed by atoms with Crippen LogP contribution in [0.4, 0.5) is 0 Å². The monoisotopic (exact) mass is 346 g/mol. The van der Waals surface area contributed by atoms with Gasteiger partial charge in [-0.25, -0.2) is 0 Å². The third-order valence-electron chi connectivity index (χ3n) is 4.60. The number of nitrogens with one attached hydrogen (secondary N) is 1. The number of carbonyl (C=O) groups excluding carboxylic acids is 2. The summed E-state index contributed by atoms with van der Waals surface area (Å²) in [6.07, 6.45) is 2.82. The predicted molar refractivity (Wildman–Crippen MR) is 93.8 cm³/mol. The first-order valence-corrected chi connectivity index (χ1v) is 8.77. The second kappa shape index (κ2) is 9.20. The molecule has 0 saturated carbocycles. The molecule has 2 atom stereocenters. The predicted octanol–water partition coefficient (Wildman–Crippen LogP) is 2.36. The average Bonchev–Trinajstić information content (AvgIpc) is 2.60. The zero-order chi connectivity index (χ0) is 18.2. The number of carboxylic acid groups (broad SMARTS) is 1. The molecule has 6 heteroatoms. The van der Waals surface area contributed by atoms with E-state index in [-0.39, 0.29) is 36.6 Å². The van der Waals surface area contributed by atoms with Crippen molar-refractivity contribution in [3.63, 3.8) is 0 Å². The van der Waals surface area contributed by atoms with Crippen LogP contribution >= 0.6 is 0 Å². The number of hydrogen-bond donors (Lipinski definition) is 2. The molecule has 6 nitrogen and oxygen atoms in total. The Labute approximate surface area is 148 Å². The molecule has 0 aromatic heterocycles. The van der Waals surface area contributed by atoms with Gasteiger partial charge in [-0.15, -0.1) is 0 Å². The molecule has 25 heavy (non-hydrogen) atoms. The second-order valence-corrected chi connectivity index (χ2v) is 6.65. The van der Waals surface area contributed by atoms with Gasteiger partial charge in [0.1, 0.15) is 0 Å². The van der Waals surface area contributed by atoms with E-state index in [2.05, 4.69) is 5.32 Å². The lowest BCUT2D eigenvalue weighted by Gasteiger charge is -2.33. The summed E-state index contributed by atoms with van der Waals surface area (Å²) < 4.78 is 0. The number of carbonyl (C=O) groups is 3. The highest BCUT2D eigenvalue weighted by atomic mass is 16.4. The van der Waals surface area contributed by atoms with E-state index in [1.807, 2.05) is 35.2 Å². The number of nitrogens with zero attached hydrogens (tertiary/aromatic N) is 1. The Bertz CT molecular complexity index is 603. The summed E-state index contributed by atoms with van der Waals surface area (Å²) in [5.41, 5.74) is 0.908. The molecule has 136 valence electrons. The lowest BCUT2D eigenvalue weighted by Crippen LogP contribution is -2.42. The largest absolute Gasteiger partial charge is 0.481 e. The number of carboxylic acids is 1. The zero-order valence-corrected chi connectivity index (χ0v) is 14.6. The summed E-state index contributed by atoms with van der Waals surface area (Å²) in [4.78, 5) is 36.8. The van der Waals surface area contributed by atoms with Crippen LogP contribution in [0.1, 0.15) is 50.6 Å². The molecule has 2 rings (SSSR count). The van der Waals surface area contributed by atoms with Crippen molar-refractivity contribution < 1.29 is 19.5 Å². The van der Waals surface area contributed by atoms with Crippen LogP contribution in [0, 0.1) is 5.92 Å². The van der Waals surface area contributed by atoms with E-state index < -0.39 is 5.97 Å². The van der Waals surface area contributed by atoms with Gasteiger partial charge < -0.3 is 15.3 Å². The van der Waals surface area contributed by atoms with Gasteiger partial charge in [0.05, 0.1) is 12.5 Å². The van der Waals surface area contributed by atoms with Crippen molar-refractivity contribution in [1.29, 1.82) is 0 Å². The number of piperidine rings is 1. The molecule has 0 radical (unpaired) electrons. The van der Waals surface area contributed by atoms with Crippen molar-refractivity contribution in [3.05, 3.63) is 35.9 Å². The highest BCUT2D eigenvalue weighted by Crippen LogP contribution is 2.24. The second-order valence-electron chi connectivity index (χ2n) is 6.65. The Morgan fingerprint density at radius 3 is 2.64 bits per heavy atom. The summed E-state index contributed by atoms with van der Waals surface area (Å²) in [6.45, 7) is 2.75. The summed E-state index contributed by atoms with van der Waals surface area (Å²) >= 11 is 0. The Balaban J connectivity index is 1.97. The van der Waals surface area contributed by atoms with Gasteiger partial charge >= 0.3 is 5.97 Å². The molecule has 0 unspecified atom stereocenters. The van der Waals surface area contributed by atoms with E-state index in [0.717, 1.165) is 18.4 Å². The topological polar surface area (TPSA) is 86.7 Å². The molecule has 1 fully saturated rings. The van der Waals surface area contributed by atoms with Crippen LogP contribution in [0.15, 0.2) is 30.3 Å². The Morgan fingerprint density at radius 1 is 1.28 bits per heavy atom. The fourth-order valence-corrected chi connectivity index (χ4v) is 3.34. The lowest BCUT2D eigenvalue weighted by atomic mass is 9.92. The smallest absolute Gasteiger partial charge is 0.303 e. The van der Waals surface area contributed by atoms with Crippen molar-refractivity contribution in [2.45, 2.75) is 45.1 Å². The quantitative estimate of drug-likeness (QED) is 0.793. The number of aliphatic carboxylic acids is 1. The van der Waals surface area contributed by atoms with Crippen molar-refractivity contribution in [1.82, 2.24) is 10.2 Å². The molecule has 1 saturated heterocycles. The van der Waals surface area contributed by atoms with Gasteiger partial charge in [-0.05, 0) is 30.7 Å². The standard InChI is InChI=1S/C19H26N2O4/c1-14(22)20-17(16-7-3-2-4-8-16)12-18(23)21-11-5-6-15(13-21)9-10-19(24)25/h2-4,7-8,15,17H,5-6,9-13H2,1H3,(H,20,22)(H,24,25)/t15-,17-/m1/s1. The van der Waals surface area contributed by atoms with E-state index >= 15 is 0 Å². The molecule has 1 aliphatic rings. The molecular formula is C19H26N2O4. The Morgan fingerprint density at radius 2 is 2.00 bits per heavy atom. The number of rotatable bonds is 7. The molecule has 1 heterocycles. The molecule has 0 aliphatic carbocycles. The third kappa shape index (κ3) is 6.21. The van der Waals surface area contributed by atoms with E-state index in [4.69, 9.17) is 5.11 Å². The number of likely N-dealkylation sites (tertiary alicyclic amines) is 1. The summed E-state index contributed by atoms with van der Waals surface area (Å²) in [5.74, 6) is -0.717. The lowest BCUT2D eigenvalue weighted by molar-refractivity contribution is -0.137. The number of benzene rings is 1. The first-order valence-electron chi connectivity index (χ1n) is 8.77. The molecule has 1 aliphatic heterocycles. The van der Waals surface area contributed by atoms with Crippen LogP contribution in [0.3, 0.4) is 0 Å². The average molecular weight is 346 g/mol. The first-order chi connectivity index (χ1) is 12.0. The summed E-state index contributed by atoms with van der Waals surface area (Å²) in [6, 6.07) is 9.13. The van der Waals surface area contributed by atoms with Gasteiger partial charge in [0.25, 0.3) is 0 Å². The molecule has 1 aromatic rings. The van der Waals surface area contributed by atoms with Crippen molar-refractivity contribution in [2.24, 2.45) is 5.92 Å². The summed E-state index contributed by atoms with van der Waals surface area (Å²) in [7, 11) is 0. The van der Waals surface area contributed by atoms with Gasteiger partial charge in [-0.3, -0.25) is 14.4 Å². The fourth-order valence-electron chi connectivity index (χ4n) is 3.34. The van der Waals surface area contributed by atoms with Crippen LogP contribution in [-0.2, 0) is 14.4 Å². The van der Waals surface area contributed by atoms with E-state index in [9.17, 15) is 14.4 Å². The maximum atomic E-state index is 12.7. The van der Waals surface area contributed by atoms with Crippen molar-refractivity contribution in [2.75, 3.05) is 13.1 Å². The molecular weight excluding hydrogens is 320 g/mol. The van der Waals surface area contributed by atoms with Crippen molar-refractivity contribution >= 4 is 17.8 Å². The van der Waals surface area contributed by atoms with E-state index in [0.29, 0.717) is 19.5 Å². The van der Waals surface area contributed by atoms with Crippen LogP contribution in [-0.4, -0.2) is 40.9 Å². The van der Waals surface area contributed by atoms with Gasteiger partial charge in [-0.2, -0.15) is 0 Å². The van der Waals surface area contributed by atoms with Crippen LogP contribution in [0.5, 0.6) is 0 Å². The molecule has 2 N–H and O–H groups in total. The van der Waals surface area contributed by atoms with Crippen LogP contribution in [0.2, 0.25) is 0 Å². The highest BCUT2D eigenvalue weighted by molar-refractivity contribution is 5.79. The number of amides is 2. The summed E-state index contributed by atoms with van der Waals surface area (Å²) in [5, 5.41) is 11.7. The Hall–Kier alpha value is -2.37. The Kier molecular flexibility index (Phi) is 6.98. The first kappa shape index (κ1) is 19.0. The van der Waals surface area contributed by atoms with E-state index in [1.165, 1.54) is 6.92 Å².